The molecule has 1 aromatic rings. The molecular formula is C11H18N2O. The largest absolute Gasteiger partial charge is 0.383 e. The fraction of sp³-hybridized carbons (Fsp3) is 0.455. The van der Waals surface area contributed by atoms with Crippen molar-refractivity contribution in [3.05, 3.63) is 35.9 Å². The van der Waals surface area contributed by atoms with E-state index in [1.807, 2.05) is 30.3 Å². The summed E-state index contributed by atoms with van der Waals surface area (Å²) in [6.45, 7) is 0.556. The van der Waals surface area contributed by atoms with Gasteiger partial charge in [-0.25, -0.2) is 0 Å². The van der Waals surface area contributed by atoms with Crippen LogP contribution >= 0.6 is 0 Å². The van der Waals surface area contributed by atoms with Crippen molar-refractivity contribution >= 4 is 0 Å². The molecule has 0 heterocycles. The van der Waals surface area contributed by atoms with E-state index >= 15 is 0 Å². The SMILES string of the molecule is COCC(N)CC(N)c1ccccc1. The number of ether oxygens (including phenoxy) is 1. The van der Waals surface area contributed by atoms with E-state index in [1.54, 1.807) is 7.11 Å². The predicted molar refractivity (Wildman–Crippen MR) is 57.8 cm³/mol. The van der Waals surface area contributed by atoms with Gasteiger partial charge in [-0.2, -0.15) is 0 Å². The molecule has 0 aliphatic heterocycles. The van der Waals surface area contributed by atoms with Gasteiger partial charge in [0.25, 0.3) is 0 Å². The molecule has 2 atom stereocenters. The van der Waals surface area contributed by atoms with Crippen molar-refractivity contribution in [2.75, 3.05) is 13.7 Å². The van der Waals surface area contributed by atoms with Gasteiger partial charge in [-0.1, -0.05) is 30.3 Å². The minimum absolute atomic E-state index is 0.00125. The summed E-state index contributed by atoms with van der Waals surface area (Å²) in [4.78, 5) is 0. The molecule has 0 spiro atoms. The van der Waals surface area contributed by atoms with Crippen molar-refractivity contribution < 1.29 is 4.74 Å². The highest BCUT2D eigenvalue weighted by atomic mass is 16.5. The van der Waals surface area contributed by atoms with Gasteiger partial charge in [0.05, 0.1) is 6.61 Å². The lowest BCUT2D eigenvalue weighted by Gasteiger charge is -2.16. The molecule has 4 N–H and O–H groups in total. The third kappa shape index (κ3) is 3.46. The van der Waals surface area contributed by atoms with Crippen LogP contribution in [0.1, 0.15) is 18.0 Å². The number of hydrogen-bond acceptors (Lipinski definition) is 3. The second-order valence-electron chi connectivity index (χ2n) is 3.47. The molecule has 1 aromatic carbocycles. The van der Waals surface area contributed by atoms with Gasteiger partial charge in [-0.05, 0) is 12.0 Å². The second-order valence-corrected chi connectivity index (χ2v) is 3.47. The lowest BCUT2D eigenvalue weighted by molar-refractivity contribution is 0.174. The van der Waals surface area contributed by atoms with Gasteiger partial charge in [0.15, 0.2) is 0 Å². The second kappa shape index (κ2) is 5.75. The highest BCUT2D eigenvalue weighted by molar-refractivity contribution is 5.18. The molecule has 0 fully saturated rings. The third-order valence-corrected chi connectivity index (χ3v) is 2.17. The van der Waals surface area contributed by atoms with Gasteiger partial charge >= 0.3 is 0 Å². The first-order chi connectivity index (χ1) is 6.74. The Morgan fingerprint density at radius 1 is 1.21 bits per heavy atom. The molecule has 1 rings (SSSR count). The maximum absolute atomic E-state index is 5.99. The molecular weight excluding hydrogens is 176 g/mol. The molecule has 78 valence electrons. The highest BCUT2D eigenvalue weighted by Gasteiger charge is 2.10. The van der Waals surface area contributed by atoms with Crippen molar-refractivity contribution in [3.63, 3.8) is 0 Å². The van der Waals surface area contributed by atoms with Crippen molar-refractivity contribution in [1.29, 1.82) is 0 Å². The van der Waals surface area contributed by atoms with E-state index in [0.29, 0.717) is 6.61 Å². The average Bonchev–Trinajstić information content (AvgIpc) is 2.19. The first-order valence-electron chi connectivity index (χ1n) is 4.79. The smallest absolute Gasteiger partial charge is 0.0614 e. The fourth-order valence-electron chi connectivity index (χ4n) is 1.44. The summed E-state index contributed by atoms with van der Waals surface area (Å²) in [6, 6.07) is 9.99. The van der Waals surface area contributed by atoms with Crippen molar-refractivity contribution in [2.24, 2.45) is 11.5 Å². The molecule has 0 saturated carbocycles. The topological polar surface area (TPSA) is 61.3 Å². The Labute approximate surface area is 85.0 Å². The van der Waals surface area contributed by atoms with Crippen LogP contribution in [0, 0.1) is 0 Å². The molecule has 3 nitrogen and oxygen atoms in total. The minimum atomic E-state index is 0.00125. The van der Waals surface area contributed by atoms with Gasteiger partial charge in [0.2, 0.25) is 0 Å². The molecule has 0 saturated heterocycles. The quantitative estimate of drug-likeness (QED) is 0.736. The van der Waals surface area contributed by atoms with Crippen LogP contribution in [0.4, 0.5) is 0 Å². The maximum Gasteiger partial charge on any atom is 0.0614 e. The number of benzene rings is 1. The first kappa shape index (κ1) is 11.2. The van der Waals surface area contributed by atoms with Gasteiger partial charge in [-0.15, -0.1) is 0 Å². The molecule has 0 aliphatic carbocycles. The van der Waals surface area contributed by atoms with Gasteiger partial charge < -0.3 is 16.2 Å². The van der Waals surface area contributed by atoms with Crippen molar-refractivity contribution in [1.82, 2.24) is 0 Å². The van der Waals surface area contributed by atoms with Crippen LogP contribution < -0.4 is 11.5 Å². The number of rotatable bonds is 5. The molecule has 2 unspecified atom stereocenters. The molecule has 3 heteroatoms. The summed E-state index contributed by atoms with van der Waals surface area (Å²) >= 11 is 0. The van der Waals surface area contributed by atoms with Crippen LogP contribution in [0.2, 0.25) is 0 Å². The summed E-state index contributed by atoms with van der Waals surface area (Å²) in [6.07, 6.45) is 0.748. The predicted octanol–water partition coefficient (Wildman–Crippen LogP) is 1.05. The lowest BCUT2D eigenvalue weighted by Crippen LogP contribution is -2.30. The van der Waals surface area contributed by atoms with E-state index in [-0.39, 0.29) is 12.1 Å². The number of hydrogen-bond donors (Lipinski definition) is 2. The highest BCUT2D eigenvalue weighted by Crippen LogP contribution is 2.14. The van der Waals surface area contributed by atoms with Crippen LogP contribution in [0.5, 0.6) is 0 Å². The van der Waals surface area contributed by atoms with E-state index < -0.39 is 0 Å². The normalized spacial score (nSPS) is 15.1. The summed E-state index contributed by atoms with van der Waals surface area (Å²) in [5, 5.41) is 0. The average molecular weight is 194 g/mol. The van der Waals surface area contributed by atoms with E-state index in [1.165, 1.54) is 0 Å². The Morgan fingerprint density at radius 2 is 1.86 bits per heavy atom. The van der Waals surface area contributed by atoms with Gasteiger partial charge in [0, 0.05) is 19.2 Å². The van der Waals surface area contributed by atoms with Gasteiger partial charge in [0.1, 0.15) is 0 Å². The van der Waals surface area contributed by atoms with E-state index in [2.05, 4.69) is 0 Å². The molecule has 0 radical (unpaired) electrons. The molecule has 14 heavy (non-hydrogen) atoms. The molecule has 0 amide bonds. The molecule has 0 aromatic heterocycles. The van der Waals surface area contributed by atoms with E-state index in [4.69, 9.17) is 16.2 Å². The Bertz CT molecular complexity index is 251. The first-order valence-corrected chi connectivity index (χ1v) is 4.79. The van der Waals surface area contributed by atoms with Crippen molar-refractivity contribution in [2.45, 2.75) is 18.5 Å². The summed E-state index contributed by atoms with van der Waals surface area (Å²) < 4.78 is 4.96. The zero-order valence-corrected chi connectivity index (χ0v) is 8.52. The van der Waals surface area contributed by atoms with E-state index in [9.17, 15) is 0 Å². The maximum atomic E-state index is 5.99. The number of nitrogens with two attached hydrogens (primary N) is 2. The van der Waals surface area contributed by atoms with Gasteiger partial charge in [-0.3, -0.25) is 0 Å². The Hall–Kier alpha value is -0.900. The van der Waals surface area contributed by atoms with Crippen LogP contribution in [0.3, 0.4) is 0 Å². The lowest BCUT2D eigenvalue weighted by atomic mass is 10.0. The molecule has 0 bridgehead atoms. The fourth-order valence-corrected chi connectivity index (χ4v) is 1.44. The van der Waals surface area contributed by atoms with Crippen LogP contribution in [-0.4, -0.2) is 19.8 Å². The minimum Gasteiger partial charge on any atom is -0.383 e. The standard InChI is InChI=1S/C11H18N2O/c1-14-8-10(12)7-11(13)9-5-3-2-4-6-9/h2-6,10-11H,7-8,12-13H2,1H3. The van der Waals surface area contributed by atoms with Crippen LogP contribution in [0.15, 0.2) is 30.3 Å². The summed E-state index contributed by atoms with van der Waals surface area (Å²) in [5.41, 5.74) is 12.9. The number of methoxy groups -OCH3 is 1. The van der Waals surface area contributed by atoms with E-state index in [0.717, 1.165) is 12.0 Å². The zero-order chi connectivity index (χ0) is 10.4. The zero-order valence-electron chi connectivity index (χ0n) is 8.52. The van der Waals surface area contributed by atoms with Crippen molar-refractivity contribution in [3.8, 4) is 0 Å². The third-order valence-electron chi connectivity index (χ3n) is 2.17. The Balaban J connectivity index is 2.46. The summed E-state index contributed by atoms with van der Waals surface area (Å²) in [5.74, 6) is 0. The summed E-state index contributed by atoms with van der Waals surface area (Å²) in [7, 11) is 1.65. The Kier molecular flexibility index (Phi) is 4.59. The van der Waals surface area contributed by atoms with Crippen LogP contribution in [-0.2, 0) is 4.74 Å². The molecule has 0 aliphatic rings. The monoisotopic (exact) mass is 194 g/mol. The Morgan fingerprint density at radius 3 is 2.43 bits per heavy atom. The van der Waals surface area contributed by atoms with Crippen LogP contribution in [0.25, 0.3) is 0 Å².